The van der Waals surface area contributed by atoms with Crippen LogP contribution in [0.3, 0.4) is 0 Å². The quantitative estimate of drug-likeness (QED) is 0.510. The lowest BCUT2D eigenvalue weighted by Gasteiger charge is -2.05. The Labute approximate surface area is 76.1 Å². The van der Waals surface area contributed by atoms with E-state index in [1.54, 1.807) is 6.92 Å². The fourth-order valence-electron chi connectivity index (χ4n) is 0.477. The maximum atomic E-state index is 10.8. The molecule has 1 unspecified atom stereocenters. The first kappa shape index (κ1) is 10.8. The van der Waals surface area contributed by atoms with Crippen molar-refractivity contribution in [2.24, 2.45) is 0 Å². The number of rotatable bonds is 4. The first-order chi connectivity index (χ1) is 5.07. The molecule has 0 N–H and O–H groups in total. The zero-order valence-corrected chi connectivity index (χ0v) is 7.78. The number of alkyl halides is 1. The molecule has 64 valence electrons. The van der Waals surface area contributed by atoms with Crippen LogP contribution >= 0.6 is 23.2 Å². The summed E-state index contributed by atoms with van der Waals surface area (Å²) >= 11 is 11.1. The highest BCUT2D eigenvalue weighted by atomic mass is 35.5. The average Bonchev–Trinajstić information content (AvgIpc) is 1.87. The maximum Gasteiger partial charge on any atom is 0.307 e. The number of ether oxygens (including phenoxy) is 1. The summed E-state index contributed by atoms with van der Waals surface area (Å²) in [5.74, 6) is -0.352. The monoisotopic (exact) mass is 196 g/mol. The van der Waals surface area contributed by atoms with Crippen LogP contribution in [0.4, 0.5) is 0 Å². The molecule has 0 rings (SSSR count). The molecule has 2 nitrogen and oxygen atoms in total. The van der Waals surface area contributed by atoms with E-state index < -0.39 is 5.38 Å². The van der Waals surface area contributed by atoms with Crippen molar-refractivity contribution < 1.29 is 9.53 Å². The highest BCUT2D eigenvalue weighted by molar-refractivity contribution is 6.37. The Morgan fingerprint density at radius 1 is 1.73 bits per heavy atom. The van der Waals surface area contributed by atoms with Gasteiger partial charge in [-0.25, -0.2) is 0 Å². The van der Waals surface area contributed by atoms with Crippen LogP contribution in [0.1, 0.15) is 13.3 Å². The van der Waals surface area contributed by atoms with Gasteiger partial charge in [-0.1, -0.05) is 18.2 Å². The lowest BCUT2D eigenvalue weighted by atomic mass is 10.3. The molecule has 0 amide bonds. The molecule has 0 aromatic carbocycles. The first-order valence-electron chi connectivity index (χ1n) is 3.22. The van der Waals surface area contributed by atoms with Crippen molar-refractivity contribution in [3.63, 3.8) is 0 Å². The van der Waals surface area contributed by atoms with Gasteiger partial charge in [-0.2, -0.15) is 0 Å². The number of hydrogen-bond acceptors (Lipinski definition) is 2. The Morgan fingerprint density at radius 2 is 2.27 bits per heavy atom. The molecule has 0 heterocycles. The third-order valence-corrected chi connectivity index (χ3v) is 1.78. The fourth-order valence-corrected chi connectivity index (χ4v) is 0.680. The van der Waals surface area contributed by atoms with Gasteiger partial charge in [0.25, 0.3) is 0 Å². The van der Waals surface area contributed by atoms with E-state index in [0.29, 0.717) is 6.61 Å². The molecule has 0 aliphatic heterocycles. The van der Waals surface area contributed by atoms with Gasteiger partial charge in [0.15, 0.2) is 0 Å². The molecule has 0 aromatic heterocycles. The standard InChI is InChI=1S/C7H10Cl2O2/c1-3-11-7(10)4-6(9)5(2)8/h6H,2-4H2,1H3. The summed E-state index contributed by atoms with van der Waals surface area (Å²) in [6.07, 6.45) is 0.0811. The second-order valence-corrected chi connectivity index (χ2v) is 2.94. The molecule has 0 aliphatic carbocycles. The molecular formula is C7H10Cl2O2. The van der Waals surface area contributed by atoms with Crippen molar-refractivity contribution in [2.75, 3.05) is 6.61 Å². The van der Waals surface area contributed by atoms with E-state index in [2.05, 4.69) is 11.3 Å². The first-order valence-corrected chi connectivity index (χ1v) is 4.03. The second-order valence-electron chi connectivity index (χ2n) is 1.92. The van der Waals surface area contributed by atoms with E-state index in [1.165, 1.54) is 0 Å². The molecule has 0 radical (unpaired) electrons. The fraction of sp³-hybridized carbons (Fsp3) is 0.571. The summed E-state index contributed by atoms with van der Waals surface area (Å²) < 4.78 is 4.64. The normalized spacial score (nSPS) is 12.3. The average molecular weight is 197 g/mol. The van der Waals surface area contributed by atoms with E-state index in [4.69, 9.17) is 23.2 Å². The predicted molar refractivity (Wildman–Crippen MR) is 45.9 cm³/mol. The van der Waals surface area contributed by atoms with Crippen molar-refractivity contribution >= 4 is 29.2 Å². The highest BCUT2D eigenvalue weighted by Crippen LogP contribution is 2.15. The van der Waals surface area contributed by atoms with Gasteiger partial charge < -0.3 is 4.74 Å². The van der Waals surface area contributed by atoms with Crippen LogP contribution in [-0.4, -0.2) is 18.0 Å². The van der Waals surface area contributed by atoms with Gasteiger partial charge >= 0.3 is 5.97 Å². The molecule has 0 spiro atoms. The maximum absolute atomic E-state index is 10.8. The van der Waals surface area contributed by atoms with Gasteiger partial charge in [0.05, 0.1) is 18.4 Å². The van der Waals surface area contributed by atoms with Crippen LogP contribution in [-0.2, 0) is 9.53 Å². The summed E-state index contributed by atoms with van der Waals surface area (Å²) in [7, 11) is 0. The lowest BCUT2D eigenvalue weighted by molar-refractivity contribution is -0.142. The molecule has 0 aliphatic rings. The molecule has 0 bridgehead atoms. The van der Waals surface area contributed by atoms with E-state index in [0.717, 1.165) is 0 Å². The number of halogens is 2. The molecule has 0 saturated heterocycles. The van der Waals surface area contributed by atoms with Crippen molar-refractivity contribution in [2.45, 2.75) is 18.7 Å². The largest absolute Gasteiger partial charge is 0.466 e. The lowest BCUT2D eigenvalue weighted by Crippen LogP contribution is -2.11. The number of esters is 1. The minimum Gasteiger partial charge on any atom is -0.466 e. The van der Waals surface area contributed by atoms with Crippen molar-refractivity contribution in [3.8, 4) is 0 Å². The van der Waals surface area contributed by atoms with Gasteiger partial charge in [-0.15, -0.1) is 11.6 Å². The van der Waals surface area contributed by atoms with Crippen molar-refractivity contribution in [1.29, 1.82) is 0 Å². The van der Waals surface area contributed by atoms with E-state index in [-0.39, 0.29) is 17.4 Å². The molecule has 4 heteroatoms. The highest BCUT2D eigenvalue weighted by Gasteiger charge is 2.12. The second kappa shape index (κ2) is 5.44. The summed E-state index contributed by atoms with van der Waals surface area (Å²) in [6.45, 7) is 5.49. The Morgan fingerprint density at radius 3 is 2.64 bits per heavy atom. The molecule has 1 atom stereocenters. The molecule has 0 saturated carbocycles. The van der Waals surface area contributed by atoms with Crippen LogP contribution in [0.5, 0.6) is 0 Å². The van der Waals surface area contributed by atoms with E-state index in [9.17, 15) is 4.79 Å². The third kappa shape index (κ3) is 5.10. The Balaban J connectivity index is 3.66. The van der Waals surface area contributed by atoms with Crippen LogP contribution in [0.2, 0.25) is 0 Å². The van der Waals surface area contributed by atoms with E-state index in [1.807, 2.05) is 0 Å². The van der Waals surface area contributed by atoms with Crippen molar-refractivity contribution in [1.82, 2.24) is 0 Å². The van der Waals surface area contributed by atoms with Gasteiger partial charge in [0, 0.05) is 5.03 Å². The zero-order valence-electron chi connectivity index (χ0n) is 6.27. The minimum absolute atomic E-state index is 0.0811. The van der Waals surface area contributed by atoms with Crippen LogP contribution < -0.4 is 0 Å². The third-order valence-electron chi connectivity index (χ3n) is 0.991. The Bertz CT molecular complexity index is 157. The topological polar surface area (TPSA) is 26.3 Å². The van der Waals surface area contributed by atoms with Crippen LogP contribution in [0, 0.1) is 0 Å². The van der Waals surface area contributed by atoms with Gasteiger partial charge in [-0.3, -0.25) is 4.79 Å². The van der Waals surface area contributed by atoms with Crippen molar-refractivity contribution in [3.05, 3.63) is 11.6 Å². The van der Waals surface area contributed by atoms with Crippen LogP contribution in [0.15, 0.2) is 11.6 Å². The Kier molecular flexibility index (Phi) is 5.34. The van der Waals surface area contributed by atoms with Crippen LogP contribution in [0.25, 0.3) is 0 Å². The molecule has 0 aromatic rings. The number of carbonyl (C=O) groups is 1. The summed E-state index contributed by atoms with van der Waals surface area (Å²) in [5, 5.41) is -0.268. The minimum atomic E-state index is -0.532. The number of hydrogen-bond donors (Lipinski definition) is 0. The summed E-state index contributed by atoms with van der Waals surface area (Å²) in [5.41, 5.74) is 0. The van der Waals surface area contributed by atoms with Gasteiger partial charge in [0.2, 0.25) is 0 Å². The predicted octanol–water partition coefficient (Wildman–Crippen LogP) is 2.30. The molecular weight excluding hydrogens is 187 g/mol. The molecule has 0 fully saturated rings. The van der Waals surface area contributed by atoms with E-state index >= 15 is 0 Å². The zero-order chi connectivity index (χ0) is 8.85. The Hall–Kier alpha value is -0.210. The smallest absolute Gasteiger partial charge is 0.307 e. The van der Waals surface area contributed by atoms with Gasteiger partial charge in [0.1, 0.15) is 0 Å². The molecule has 11 heavy (non-hydrogen) atoms. The number of carbonyl (C=O) groups excluding carboxylic acids is 1. The number of allylic oxidation sites excluding steroid dienone is 1. The summed E-state index contributed by atoms with van der Waals surface area (Å²) in [4.78, 5) is 10.8. The SMILES string of the molecule is C=C(Cl)C(Cl)CC(=O)OCC. The van der Waals surface area contributed by atoms with Gasteiger partial charge in [-0.05, 0) is 6.92 Å². The summed E-state index contributed by atoms with van der Waals surface area (Å²) in [6, 6.07) is 0.